The van der Waals surface area contributed by atoms with Gasteiger partial charge in [0, 0.05) is 12.6 Å². The molecule has 0 aliphatic carbocycles. The lowest BCUT2D eigenvalue weighted by atomic mass is 10.2. The van der Waals surface area contributed by atoms with E-state index in [0.29, 0.717) is 23.2 Å². The normalized spacial score (nSPS) is 11.2. The summed E-state index contributed by atoms with van der Waals surface area (Å²) in [7, 11) is -0.897. The Kier molecular flexibility index (Phi) is 6.02. The second kappa shape index (κ2) is 8.02. The van der Waals surface area contributed by atoms with Crippen LogP contribution in [0.4, 0.5) is 11.6 Å². The van der Waals surface area contributed by atoms with Gasteiger partial charge < -0.3 is 14.8 Å². The summed E-state index contributed by atoms with van der Waals surface area (Å²) in [6, 6.07) is 7.55. The molecule has 25 heavy (non-hydrogen) atoms. The minimum Gasteiger partial charge on any atom is -0.493 e. The number of anilines is 2. The molecule has 0 fully saturated rings. The van der Waals surface area contributed by atoms with Gasteiger partial charge in [-0.15, -0.1) is 10.2 Å². The lowest BCUT2D eigenvalue weighted by Crippen LogP contribution is -2.15. The Hall–Kier alpha value is -2.55. The Bertz CT molecular complexity index is 807. The van der Waals surface area contributed by atoms with Crippen LogP contribution in [0.25, 0.3) is 0 Å². The summed E-state index contributed by atoms with van der Waals surface area (Å²) < 4.78 is 37.6. The van der Waals surface area contributed by atoms with Crippen LogP contribution in [0.1, 0.15) is 13.8 Å². The standard InChI is InChI=1S/C16H22N4O4S/c1-11(2)10-17-15-7-8-16(19-18-15)20-25(21,22)12-5-6-13(23-3)14(9-12)24-4/h5-9,11H,10H2,1-4H3,(H,17,18)(H,19,20). The number of rotatable bonds is 8. The van der Waals surface area contributed by atoms with E-state index in [9.17, 15) is 8.42 Å². The van der Waals surface area contributed by atoms with Crippen LogP contribution in [-0.4, -0.2) is 39.4 Å². The van der Waals surface area contributed by atoms with E-state index in [4.69, 9.17) is 9.47 Å². The van der Waals surface area contributed by atoms with E-state index in [1.807, 2.05) is 0 Å². The molecule has 0 aliphatic heterocycles. The summed E-state index contributed by atoms with van der Waals surface area (Å²) in [6.07, 6.45) is 0. The summed E-state index contributed by atoms with van der Waals surface area (Å²) in [4.78, 5) is 0.0361. The van der Waals surface area contributed by atoms with Crippen LogP contribution in [0.3, 0.4) is 0 Å². The van der Waals surface area contributed by atoms with Crippen molar-refractivity contribution in [3.8, 4) is 11.5 Å². The molecule has 2 N–H and O–H groups in total. The zero-order chi connectivity index (χ0) is 18.4. The van der Waals surface area contributed by atoms with Crippen molar-refractivity contribution in [2.45, 2.75) is 18.7 Å². The van der Waals surface area contributed by atoms with Crippen LogP contribution in [0, 0.1) is 5.92 Å². The molecule has 0 spiro atoms. The number of ether oxygens (including phenoxy) is 2. The van der Waals surface area contributed by atoms with Crippen LogP contribution in [0.2, 0.25) is 0 Å². The lowest BCUT2D eigenvalue weighted by molar-refractivity contribution is 0.354. The van der Waals surface area contributed by atoms with E-state index in [2.05, 4.69) is 34.1 Å². The molecular weight excluding hydrogens is 344 g/mol. The Morgan fingerprint density at radius 3 is 2.20 bits per heavy atom. The number of nitrogens with one attached hydrogen (secondary N) is 2. The van der Waals surface area contributed by atoms with Crippen molar-refractivity contribution in [1.82, 2.24) is 10.2 Å². The van der Waals surface area contributed by atoms with Gasteiger partial charge in [0.2, 0.25) is 0 Å². The monoisotopic (exact) mass is 366 g/mol. The van der Waals surface area contributed by atoms with E-state index in [-0.39, 0.29) is 10.7 Å². The molecular formula is C16H22N4O4S. The van der Waals surface area contributed by atoms with E-state index in [1.165, 1.54) is 32.4 Å². The van der Waals surface area contributed by atoms with Gasteiger partial charge in [-0.05, 0) is 30.2 Å². The van der Waals surface area contributed by atoms with Gasteiger partial charge in [0.1, 0.15) is 5.82 Å². The Morgan fingerprint density at radius 2 is 1.64 bits per heavy atom. The number of methoxy groups -OCH3 is 2. The second-order valence-electron chi connectivity index (χ2n) is 5.70. The molecule has 1 heterocycles. The molecule has 8 nitrogen and oxygen atoms in total. The summed E-state index contributed by atoms with van der Waals surface area (Å²) in [5, 5.41) is 11.0. The number of aromatic nitrogens is 2. The molecule has 0 bridgehead atoms. The largest absolute Gasteiger partial charge is 0.493 e. The molecule has 1 aromatic carbocycles. The van der Waals surface area contributed by atoms with Gasteiger partial charge in [-0.1, -0.05) is 13.8 Å². The predicted molar refractivity (Wildman–Crippen MR) is 95.7 cm³/mol. The van der Waals surface area contributed by atoms with E-state index in [0.717, 1.165) is 6.54 Å². The lowest BCUT2D eigenvalue weighted by Gasteiger charge is -2.11. The van der Waals surface area contributed by atoms with Crippen LogP contribution in [0.5, 0.6) is 11.5 Å². The molecule has 136 valence electrons. The third-order valence-corrected chi connectivity index (χ3v) is 4.61. The first-order valence-electron chi connectivity index (χ1n) is 7.68. The summed E-state index contributed by atoms with van der Waals surface area (Å²) in [5.74, 6) is 1.95. The van der Waals surface area contributed by atoms with Crippen molar-refractivity contribution < 1.29 is 17.9 Å². The van der Waals surface area contributed by atoms with Crippen LogP contribution in [0.15, 0.2) is 35.2 Å². The molecule has 2 aromatic rings. The van der Waals surface area contributed by atoms with Crippen molar-refractivity contribution in [2.24, 2.45) is 5.92 Å². The van der Waals surface area contributed by atoms with Crippen molar-refractivity contribution in [1.29, 1.82) is 0 Å². The Labute approximate surface area is 147 Å². The first-order valence-corrected chi connectivity index (χ1v) is 9.16. The van der Waals surface area contributed by atoms with Crippen molar-refractivity contribution >= 4 is 21.7 Å². The van der Waals surface area contributed by atoms with Gasteiger partial charge in [0.05, 0.1) is 19.1 Å². The highest BCUT2D eigenvalue weighted by Crippen LogP contribution is 2.29. The van der Waals surface area contributed by atoms with E-state index < -0.39 is 10.0 Å². The number of sulfonamides is 1. The van der Waals surface area contributed by atoms with Gasteiger partial charge in [-0.2, -0.15) is 0 Å². The summed E-state index contributed by atoms with van der Waals surface area (Å²) in [5.41, 5.74) is 0. The number of hydrogen-bond acceptors (Lipinski definition) is 7. The highest BCUT2D eigenvalue weighted by atomic mass is 32.2. The van der Waals surface area contributed by atoms with Crippen molar-refractivity contribution in [3.05, 3.63) is 30.3 Å². The topological polar surface area (TPSA) is 102 Å². The first-order chi connectivity index (χ1) is 11.9. The maximum absolute atomic E-state index is 12.5. The summed E-state index contributed by atoms with van der Waals surface area (Å²) in [6.45, 7) is 4.91. The molecule has 9 heteroatoms. The molecule has 0 saturated carbocycles. The quantitative estimate of drug-likeness (QED) is 0.739. The SMILES string of the molecule is COc1ccc(S(=O)(=O)Nc2ccc(NCC(C)C)nn2)cc1OC. The van der Waals surface area contributed by atoms with E-state index in [1.54, 1.807) is 12.1 Å². The van der Waals surface area contributed by atoms with Crippen molar-refractivity contribution in [2.75, 3.05) is 30.8 Å². The zero-order valence-electron chi connectivity index (χ0n) is 14.6. The zero-order valence-corrected chi connectivity index (χ0v) is 15.4. The first kappa shape index (κ1) is 18.8. The Morgan fingerprint density at radius 1 is 1.00 bits per heavy atom. The molecule has 2 rings (SSSR count). The average molecular weight is 366 g/mol. The molecule has 0 aliphatic rings. The fourth-order valence-corrected chi connectivity index (χ4v) is 2.98. The van der Waals surface area contributed by atoms with Crippen LogP contribution in [-0.2, 0) is 10.0 Å². The third-order valence-electron chi connectivity index (χ3n) is 3.26. The minimum atomic E-state index is -3.82. The van der Waals surface area contributed by atoms with Crippen LogP contribution < -0.4 is 19.5 Å². The van der Waals surface area contributed by atoms with Gasteiger partial charge >= 0.3 is 0 Å². The average Bonchev–Trinajstić information content (AvgIpc) is 2.60. The molecule has 1 aromatic heterocycles. The van der Waals surface area contributed by atoms with Gasteiger partial charge in [-0.3, -0.25) is 4.72 Å². The third kappa shape index (κ3) is 4.96. The van der Waals surface area contributed by atoms with Crippen LogP contribution >= 0.6 is 0 Å². The highest BCUT2D eigenvalue weighted by Gasteiger charge is 2.18. The minimum absolute atomic E-state index is 0.0361. The fraction of sp³-hybridized carbons (Fsp3) is 0.375. The fourth-order valence-electron chi connectivity index (χ4n) is 1.97. The molecule has 0 amide bonds. The Balaban J connectivity index is 2.15. The maximum Gasteiger partial charge on any atom is 0.263 e. The highest BCUT2D eigenvalue weighted by molar-refractivity contribution is 7.92. The summed E-state index contributed by atoms with van der Waals surface area (Å²) >= 11 is 0. The number of hydrogen-bond donors (Lipinski definition) is 2. The molecule has 0 unspecified atom stereocenters. The van der Waals surface area contributed by atoms with Gasteiger partial charge in [0.15, 0.2) is 17.3 Å². The van der Waals surface area contributed by atoms with Gasteiger partial charge in [0.25, 0.3) is 10.0 Å². The maximum atomic E-state index is 12.5. The number of nitrogens with zero attached hydrogens (tertiary/aromatic N) is 2. The smallest absolute Gasteiger partial charge is 0.263 e. The predicted octanol–water partition coefficient (Wildman–Crippen LogP) is 2.36. The molecule has 0 radical (unpaired) electrons. The molecule has 0 saturated heterocycles. The molecule has 0 atom stereocenters. The second-order valence-corrected chi connectivity index (χ2v) is 7.38. The van der Waals surface area contributed by atoms with Gasteiger partial charge in [-0.25, -0.2) is 8.42 Å². The van der Waals surface area contributed by atoms with Crippen molar-refractivity contribution in [3.63, 3.8) is 0 Å². The van der Waals surface area contributed by atoms with E-state index >= 15 is 0 Å². The number of benzene rings is 1.